The molecule has 0 rings (SSSR count). The molecule has 4 atom stereocenters. The maximum absolute atomic E-state index is 11.7. The van der Waals surface area contributed by atoms with Gasteiger partial charge in [0.15, 0.2) is 11.6 Å². The lowest BCUT2D eigenvalue weighted by Gasteiger charge is -2.24. The van der Waals surface area contributed by atoms with Crippen LogP contribution < -0.4 is 11.1 Å². The normalized spacial score (nSPS) is 16.4. The maximum atomic E-state index is 11.7. The highest BCUT2D eigenvalue weighted by molar-refractivity contribution is 5.85. The van der Waals surface area contributed by atoms with Crippen molar-refractivity contribution in [2.45, 2.75) is 56.5 Å². The minimum absolute atomic E-state index is 0.0230. The SMILES string of the molecule is NCCCCCNCCCC(=O)[C@H](O)[C@@H](O)[C@H](O)[C@H](O)C(=O)CO. The second-order valence-corrected chi connectivity index (χ2v) is 5.66. The molecule has 0 radical (unpaired) electrons. The van der Waals surface area contributed by atoms with Crippen LogP contribution in [0.3, 0.4) is 0 Å². The van der Waals surface area contributed by atoms with Crippen molar-refractivity contribution in [3.63, 3.8) is 0 Å². The monoisotopic (exact) mass is 350 g/mol. The van der Waals surface area contributed by atoms with Crippen molar-refractivity contribution in [2.75, 3.05) is 26.2 Å². The lowest BCUT2D eigenvalue weighted by atomic mass is 9.96. The van der Waals surface area contributed by atoms with Gasteiger partial charge in [-0.2, -0.15) is 0 Å². The zero-order valence-electron chi connectivity index (χ0n) is 13.8. The molecule has 0 unspecified atom stereocenters. The fourth-order valence-electron chi connectivity index (χ4n) is 2.08. The van der Waals surface area contributed by atoms with E-state index in [0.717, 1.165) is 25.8 Å². The summed E-state index contributed by atoms with van der Waals surface area (Å²) in [6.45, 7) is 1.00. The molecule has 8 N–H and O–H groups in total. The van der Waals surface area contributed by atoms with Crippen molar-refractivity contribution in [1.29, 1.82) is 0 Å². The molecule has 0 saturated heterocycles. The molecule has 24 heavy (non-hydrogen) atoms. The molecule has 142 valence electrons. The fraction of sp³-hybridized carbons (Fsp3) is 0.867. The summed E-state index contributed by atoms with van der Waals surface area (Å²) < 4.78 is 0. The molecule has 0 aromatic rings. The van der Waals surface area contributed by atoms with Crippen LogP contribution in [0.2, 0.25) is 0 Å². The fourth-order valence-corrected chi connectivity index (χ4v) is 2.08. The van der Waals surface area contributed by atoms with E-state index < -0.39 is 42.6 Å². The summed E-state index contributed by atoms with van der Waals surface area (Å²) >= 11 is 0. The van der Waals surface area contributed by atoms with Crippen LogP contribution in [0.15, 0.2) is 0 Å². The number of hydrogen-bond acceptors (Lipinski definition) is 9. The molecule has 0 fully saturated rings. The van der Waals surface area contributed by atoms with Crippen LogP contribution in [-0.4, -0.2) is 87.8 Å². The van der Waals surface area contributed by atoms with Crippen LogP contribution in [0.25, 0.3) is 0 Å². The summed E-state index contributed by atoms with van der Waals surface area (Å²) in [7, 11) is 0. The summed E-state index contributed by atoms with van der Waals surface area (Å²) in [4.78, 5) is 22.8. The van der Waals surface area contributed by atoms with E-state index in [-0.39, 0.29) is 6.42 Å². The highest BCUT2D eigenvalue weighted by atomic mass is 16.4. The number of hydrogen-bond donors (Lipinski definition) is 7. The number of aliphatic hydroxyl groups excluding tert-OH is 5. The predicted octanol–water partition coefficient (Wildman–Crippen LogP) is -2.94. The number of nitrogens with two attached hydrogens (primary N) is 1. The van der Waals surface area contributed by atoms with Crippen molar-refractivity contribution in [2.24, 2.45) is 5.73 Å². The second kappa shape index (κ2) is 13.4. The van der Waals surface area contributed by atoms with Gasteiger partial charge in [-0.1, -0.05) is 6.42 Å². The van der Waals surface area contributed by atoms with Crippen molar-refractivity contribution in [3.05, 3.63) is 0 Å². The standard InChI is InChI=1S/C15H30N2O7/c16-6-2-1-3-7-17-8-4-5-10(19)12(21)14(23)15(24)13(22)11(20)9-18/h12-15,17-18,21-24H,1-9,16H2/t12-,13+,14+,15+/m0/s1. The quantitative estimate of drug-likeness (QED) is 0.152. The van der Waals surface area contributed by atoms with Gasteiger partial charge in [0.2, 0.25) is 0 Å². The van der Waals surface area contributed by atoms with Gasteiger partial charge in [-0.15, -0.1) is 0 Å². The number of carbonyl (C=O) groups is 2. The molecule has 0 spiro atoms. The van der Waals surface area contributed by atoms with Crippen LogP contribution in [0.4, 0.5) is 0 Å². The number of rotatable bonds is 15. The van der Waals surface area contributed by atoms with E-state index >= 15 is 0 Å². The van der Waals surface area contributed by atoms with Gasteiger partial charge in [0, 0.05) is 6.42 Å². The minimum atomic E-state index is -2.07. The van der Waals surface area contributed by atoms with Crippen LogP contribution >= 0.6 is 0 Å². The van der Waals surface area contributed by atoms with Crippen LogP contribution in [0, 0.1) is 0 Å². The van der Waals surface area contributed by atoms with Gasteiger partial charge in [0.1, 0.15) is 31.0 Å². The third-order valence-electron chi connectivity index (χ3n) is 3.65. The van der Waals surface area contributed by atoms with E-state index in [1.54, 1.807) is 0 Å². The van der Waals surface area contributed by atoms with Crippen molar-refractivity contribution >= 4 is 11.6 Å². The van der Waals surface area contributed by atoms with Crippen molar-refractivity contribution < 1.29 is 35.1 Å². The topological polar surface area (TPSA) is 173 Å². The van der Waals surface area contributed by atoms with Gasteiger partial charge in [-0.05, 0) is 38.9 Å². The first kappa shape index (κ1) is 23.1. The first-order chi connectivity index (χ1) is 11.4. The van der Waals surface area contributed by atoms with Crippen LogP contribution in [0.5, 0.6) is 0 Å². The average Bonchev–Trinajstić information content (AvgIpc) is 2.60. The van der Waals surface area contributed by atoms with Crippen molar-refractivity contribution in [3.8, 4) is 0 Å². The summed E-state index contributed by atoms with van der Waals surface area (Å²) in [5, 5.41) is 50.0. The average molecular weight is 350 g/mol. The Morgan fingerprint density at radius 1 is 0.833 bits per heavy atom. The third kappa shape index (κ3) is 8.78. The third-order valence-corrected chi connectivity index (χ3v) is 3.65. The molecular formula is C15H30N2O7. The van der Waals surface area contributed by atoms with E-state index in [1.807, 2.05) is 0 Å². The summed E-state index contributed by atoms with van der Waals surface area (Å²) in [6, 6.07) is 0. The van der Waals surface area contributed by atoms with E-state index in [1.165, 1.54) is 0 Å². The van der Waals surface area contributed by atoms with Gasteiger partial charge in [0.25, 0.3) is 0 Å². The first-order valence-corrected chi connectivity index (χ1v) is 8.16. The minimum Gasteiger partial charge on any atom is -0.388 e. The molecule has 0 aliphatic heterocycles. The largest absolute Gasteiger partial charge is 0.388 e. The summed E-state index contributed by atoms with van der Waals surface area (Å²) in [5.41, 5.74) is 5.37. The molecule has 9 nitrogen and oxygen atoms in total. The number of nitrogens with one attached hydrogen (secondary N) is 1. The Hall–Kier alpha value is -0.940. The Morgan fingerprint density at radius 2 is 1.38 bits per heavy atom. The number of aliphatic hydroxyl groups is 5. The van der Waals surface area contributed by atoms with Crippen LogP contribution in [0.1, 0.15) is 32.1 Å². The Balaban J connectivity index is 4.02. The highest BCUT2D eigenvalue weighted by Crippen LogP contribution is 2.09. The number of unbranched alkanes of at least 4 members (excludes halogenated alkanes) is 2. The van der Waals surface area contributed by atoms with Gasteiger partial charge in [0.05, 0.1) is 0 Å². The molecule has 0 amide bonds. The van der Waals surface area contributed by atoms with E-state index in [2.05, 4.69) is 5.32 Å². The second-order valence-electron chi connectivity index (χ2n) is 5.66. The Morgan fingerprint density at radius 3 is 1.92 bits per heavy atom. The summed E-state index contributed by atoms with van der Waals surface area (Å²) in [5.74, 6) is -1.81. The number of carbonyl (C=O) groups excluding carboxylic acids is 2. The summed E-state index contributed by atoms with van der Waals surface area (Å²) in [6.07, 6.45) is -4.64. The molecular weight excluding hydrogens is 320 g/mol. The number of ketones is 2. The zero-order valence-corrected chi connectivity index (χ0v) is 13.8. The molecule has 0 aliphatic rings. The van der Waals surface area contributed by atoms with E-state index in [9.17, 15) is 30.0 Å². The Labute approximate surface area is 141 Å². The van der Waals surface area contributed by atoms with E-state index in [4.69, 9.17) is 10.8 Å². The molecule has 0 saturated carbocycles. The van der Waals surface area contributed by atoms with Crippen LogP contribution in [-0.2, 0) is 9.59 Å². The highest BCUT2D eigenvalue weighted by Gasteiger charge is 2.36. The Kier molecular flexibility index (Phi) is 12.8. The molecule has 0 aromatic carbocycles. The van der Waals surface area contributed by atoms with Crippen molar-refractivity contribution in [1.82, 2.24) is 5.32 Å². The first-order valence-electron chi connectivity index (χ1n) is 8.16. The number of Topliss-reactive ketones (excluding diaryl/α,β-unsaturated/α-hetero) is 2. The molecule has 0 heterocycles. The molecule has 0 aliphatic carbocycles. The lowest BCUT2D eigenvalue weighted by molar-refractivity contribution is -0.154. The predicted molar refractivity (Wildman–Crippen MR) is 86.1 cm³/mol. The molecule has 9 heteroatoms. The Bertz CT molecular complexity index is 368. The smallest absolute Gasteiger partial charge is 0.189 e. The maximum Gasteiger partial charge on any atom is 0.189 e. The molecule has 0 bridgehead atoms. The van der Waals surface area contributed by atoms with Gasteiger partial charge in [-0.3, -0.25) is 9.59 Å². The molecule has 0 aromatic heterocycles. The lowest BCUT2D eigenvalue weighted by Crippen LogP contribution is -2.50. The zero-order chi connectivity index (χ0) is 18.5. The van der Waals surface area contributed by atoms with Gasteiger partial charge < -0.3 is 36.6 Å². The van der Waals surface area contributed by atoms with Gasteiger partial charge in [-0.25, -0.2) is 0 Å². The van der Waals surface area contributed by atoms with E-state index in [0.29, 0.717) is 19.5 Å². The van der Waals surface area contributed by atoms with Gasteiger partial charge >= 0.3 is 0 Å².